The van der Waals surface area contributed by atoms with Gasteiger partial charge in [-0.25, -0.2) is 0 Å². The first kappa shape index (κ1) is 15.5. The Morgan fingerprint density at radius 3 is 2.23 bits per heavy atom. The molecule has 0 aromatic heterocycles. The zero-order valence-corrected chi connectivity index (χ0v) is 13.4. The normalized spacial score (nSPS) is 25.9. The van der Waals surface area contributed by atoms with Gasteiger partial charge in [0.25, 0.3) is 0 Å². The number of carbonyl (C=O) groups excluding carboxylic acids is 2. The predicted octanol–water partition coefficient (Wildman–Crippen LogP) is 1.11. The summed E-state index contributed by atoms with van der Waals surface area (Å²) >= 11 is 0. The van der Waals surface area contributed by atoms with E-state index in [1.807, 2.05) is 9.80 Å². The fourth-order valence-corrected chi connectivity index (χ4v) is 3.63. The zero-order valence-electron chi connectivity index (χ0n) is 13.4. The highest BCUT2D eigenvalue weighted by molar-refractivity contribution is 5.79. The molecule has 0 N–H and O–H groups in total. The monoisotopic (exact) mass is 305 g/mol. The Kier molecular flexibility index (Phi) is 5.13. The van der Waals surface area contributed by atoms with Crippen molar-refractivity contribution in [2.45, 2.75) is 32.1 Å². The first-order chi connectivity index (χ1) is 10.7. The number of piperazine rings is 1. The zero-order chi connectivity index (χ0) is 15.4. The number of amides is 2. The van der Waals surface area contributed by atoms with Crippen LogP contribution in [-0.2, 0) is 9.59 Å². The quantitative estimate of drug-likeness (QED) is 0.731. The standard InChI is InChI=1S/C17H27N3O2/c21-16(13-15-5-1-2-6-15)20-11-9-18(10-12-20)14-17(22)19-7-3-4-8-19/h1,5,15H,2-4,6-14H2. The molecule has 0 saturated carbocycles. The predicted molar refractivity (Wildman–Crippen MR) is 85.3 cm³/mol. The van der Waals surface area contributed by atoms with Crippen molar-refractivity contribution < 1.29 is 9.59 Å². The summed E-state index contributed by atoms with van der Waals surface area (Å²) in [6.07, 6.45) is 9.54. The highest BCUT2D eigenvalue weighted by Crippen LogP contribution is 2.21. The minimum absolute atomic E-state index is 0.258. The molecule has 22 heavy (non-hydrogen) atoms. The second-order valence-electron chi connectivity index (χ2n) is 6.71. The van der Waals surface area contributed by atoms with Crippen LogP contribution < -0.4 is 0 Å². The summed E-state index contributed by atoms with van der Waals surface area (Å²) in [5, 5.41) is 0. The van der Waals surface area contributed by atoms with Gasteiger partial charge in [0.1, 0.15) is 0 Å². The first-order valence-corrected chi connectivity index (χ1v) is 8.67. The number of hydrogen-bond donors (Lipinski definition) is 0. The first-order valence-electron chi connectivity index (χ1n) is 8.67. The van der Waals surface area contributed by atoms with Gasteiger partial charge in [0.15, 0.2) is 0 Å². The molecule has 1 unspecified atom stereocenters. The smallest absolute Gasteiger partial charge is 0.236 e. The maximum Gasteiger partial charge on any atom is 0.236 e. The fraction of sp³-hybridized carbons (Fsp3) is 0.765. The van der Waals surface area contributed by atoms with Crippen LogP contribution >= 0.6 is 0 Å². The van der Waals surface area contributed by atoms with E-state index in [1.54, 1.807) is 0 Å². The Labute approximate surface area is 132 Å². The molecule has 2 fully saturated rings. The molecular weight excluding hydrogens is 278 g/mol. The second kappa shape index (κ2) is 7.27. The van der Waals surface area contributed by atoms with Crippen molar-refractivity contribution in [1.82, 2.24) is 14.7 Å². The van der Waals surface area contributed by atoms with Gasteiger partial charge in [0, 0.05) is 45.7 Å². The van der Waals surface area contributed by atoms with Crippen LogP contribution in [0.3, 0.4) is 0 Å². The maximum absolute atomic E-state index is 12.3. The Hall–Kier alpha value is -1.36. The van der Waals surface area contributed by atoms with E-state index in [0.717, 1.165) is 65.0 Å². The number of likely N-dealkylation sites (tertiary alicyclic amines) is 1. The number of hydrogen-bond acceptors (Lipinski definition) is 3. The third-order valence-electron chi connectivity index (χ3n) is 5.09. The molecule has 2 amide bonds. The number of nitrogens with zero attached hydrogens (tertiary/aromatic N) is 3. The minimum Gasteiger partial charge on any atom is -0.342 e. The van der Waals surface area contributed by atoms with Gasteiger partial charge >= 0.3 is 0 Å². The Bertz CT molecular complexity index is 435. The molecule has 122 valence electrons. The Balaban J connectivity index is 1.39. The summed E-state index contributed by atoms with van der Waals surface area (Å²) in [4.78, 5) is 30.6. The van der Waals surface area contributed by atoms with E-state index in [0.29, 0.717) is 18.9 Å². The molecule has 0 bridgehead atoms. The molecule has 0 radical (unpaired) electrons. The lowest BCUT2D eigenvalue weighted by molar-refractivity contribution is -0.135. The molecule has 5 nitrogen and oxygen atoms in total. The molecule has 2 saturated heterocycles. The molecule has 1 atom stereocenters. The van der Waals surface area contributed by atoms with Gasteiger partial charge < -0.3 is 9.80 Å². The lowest BCUT2D eigenvalue weighted by Crippen LogP contribution is -2.51. The van der Waals surface area contributed by atoms with Crippen molar-refractivity contribution in [3.05, 3.63) is 12.2 Å². The maximum atomic E-state index is 12.3. The van der Waals surface area contributed by atoms with Gasteiger partial charge in [0.05, 0.1) is 6.54 Å². The van der Waals surface area contributed by atoms with E-state index in [1.165, 1.54) is 0 Å². The lowest BCUT2D eigenvalue weighted by atomic mass is 10.0. The van der Waals surface area contributed by atoms with Crippen molar-refractivity contribution in [2.24, 2.45) is 5.92 Å². The molecule has 2 heterocycles. The summed E-state index contributed by atoms with van der Waals surface area (Å²) in [5.74, 6) is 0.984. The number of allylic oxidation sites excluding steroid dienone is 2. The SMILES string of the molecule is O=C(CC1C=CCC1)N1CCN(CC(=O)N2CCCC2)CC1. The topological polar surface area (TPSA) is 43.9 Å². The van der Waals surface area contributed by atoms with Crippen LogP contribution in [0, 0.1) is 5.92 Å². The van der Waals surface area contributed by atoms with Crippen molar-refractivity contribution in [2.75, 3.05) is 45.8 Å². The van der Waals surface area contributed by atoms with Crippen molar-refractivity contribution >= 4 is 11.8 Å². The van der Waals surface area contributed by atoms with Crippen molar-refractivity contribution in [1.29, 1.82) is 0 Å². The summed E-state index contributed by atoms with van der Waals surface area (Å²) in [6, 6.07) is 0. The highest BCUT2D eigenvalue weighted by Gasteiger charge is 2.26. The number of rotatable bonds is 4. The molecule has 5 heteroatoms. The molecule has 1 aliphatic carbocycles. The number of carbonyl (C=O) groups is 2. The largest absolute Gasteiger partial charge is 0.342 e. The van der Waals surface area contributed by atoms with E-state index in [2.05, 4.69) is 17.1 Å². The molecule has 0 spiro atoms. The van der Waals surface area contributed by atoms with Gasteiger partial charge in [-0.15, -0.1) is 0 Å². The van der Waals surface area contributed by atoms with Crippen LogP contribution in [0.4, 0.5) is 0 Å². The van der Waals surface area contributed by atoms with Gasteiger partial charge in [-0.05, 0) is 31.6 Å². The summed E-state index contributed by atoms with van der Waals surface area (Å²) in [5.41, 5.74) is 0. The highest BCUT2D eigenvalue weighted by atomic mass is 16.2. The van der Waals surface area contributed by atoms with Crippen LogP contribution in [0.25, 0.3) is 0 Å². The van der Waals surface area contributed by atoms with E-state index in [-0.39, 0.29) is 11.8 Å². The van der Waals surface area contributed by atoms with Gasteiger partial charge in [-0.2, -0.15) is 0 Å². The van der Waals surface area contributed by atoms with E-state index < -0.39 is 0 Å². The summed E-state index contributed by atoms with van der Waals surface area (Å²) < 4.78 is 0. The van der Waals surface area contributed by atoms with Crippen molar-refractivity contribution in [3.8, 4) is 0 Å². The van der Waals surface area contributed by atoms with Gasteiger partial charge in [0.2, 0.25) is 11.8 Å². The van der Waals surface area contributed by atoms with Crippen molar-refractivity contribution in [3.63, 3.8) is 0 Å². The molecule has 3 rings (SSSR count). The van der Waals surface area contributed by atoms with Gasteiger partial charge in [-0.1, -0.05) is 12.2 Å². The van der Waals surface area contributed by atoms with E-state index in [4.69, 9.17) is 0 Å². The van der Waals surface area contributed by atoms with E-state index >= 15 is 0 Å². The van der Waals surface area contributed by atoms with Crippen LogP contribution in [0.2, 0.25) is 0 Å². The van der Waals surface area contributed by atoms with Gasteiger partial charge in [-0.3, -0.25) is 14.5 Å². The molecule has 0 aromatic carbocycles. The van der Waals surface area contributed by atoms with Crippen LogP contribution in [0.5, 0.6) is 0 Å². The Morgan fingerprint density at radius 2 is 1.59 bits per heavy atom. The fourth-order valence-electron chi connectivity index (χ4n) is 3.63. The molecule has 2 aliphatic heterocycles. The minimum atomic E-state index is 0.258. The molecule has 3 aliphatic rings. The van der Waals surface area contributed by atoms with E-state index in [9.17, 15) is 9.59 Å². The molecular formula is C17H27N3O2. The third-order valence-corrected chi connectivity index (χ3v) is 5.09. The summed E-state index contributed by atoms with van der Waals surface area (Å²) in [6.45, 7) is 5.55. The van der Waals surface area contributed by atoms with Crippen LogP contribution in [0.15, 0.2) is 12.2 Å². The third kappa shape index (κ3) is 3.88. The summed E-state index contributed by atoms with van der Waals surface area (Å²) in [7, 11) is 0. The van der Waals surface area contributed by atoms with Crippen LogP contribution in [-0.4, -0.2) is 72.3 Å². The Morgan fingerprint density at radius 1 is 0.909 bits per heavy atom. The second-order valence-corrected chi connectivity index (χ2v) is 6.71. The lowest BCUT2D eigenvalue weighted by Gasteiger charge is -2.35. The molecule has 0 aromatic rings. The average Bonchev–Trinajstić information content (AvgIpc) is 3.21. The van der Waals surface area contributed by atoms with Crippen LogP contribution in [0.1, 0.15) is 32.1 Å². The average molecular weight is 305 g/mol.